The number of aliphatic hydroxyl groups excluding tert-OH is 1. The molecule has 1 aliphatic carbocycles. The summed E-state index contributed by atoms with van der Waals surface area (Å²) in [6.07, 6.45) is 9.19. The predicted molar refractivity (Wildman–Crippen MR) is 123 cm³/mol. The molecular formula is C22H22N8OS. The Kier molecular flexibility index (Phi) is 5.77. The third kappa shape index (κ3) is 4.18. The van der Waals surface area contributed by atoms with Crippen LogP contribution in [0.2, 0.25) is 0 Å². The number of hydrogen-bond donors (Lipinski definition) is 4. The average Bonchev–Trinajstić information content (AvgIpc) is 3.45. The highest BCUT2D eigenvalue weighted by Crippen LogP contribution is 2.36. The van der Waals surface area contributed by atoms with Crippen molar-refractivity contribution in [3.05, 3.63) is 54.6 Å². The molecule has 4 aromatic rings. The predicted octanol–water partition coefficient (Wildman–Crippen LogP) is 2.93. The minimum atomic E-state index is 0.0477. The van der Waals surface area contributed by atoms with Crippen LogP contribution in [0.5, 0.6) is 0 Å². The van der Waals surface area contributed by atoms with E-state index in [0.717, 1.165) is 45.8 Å². The molecule has 4 N–H and O–H groups in total. The third-order valence-corrected chi connectivity index (χ3v) is 6.40. The molecule has 1 fully saturated rings. The van der Waals surface area contributed by atoms with Crippen molar-refractivity contribution in [1.29, 1.82) is 5.26 Å². The van der Waals surface area contributed by atoms with Gasteiger partial charge in [0.05, 0.1) is 36.2 Å². The minimum Gasteiger partial charge on any atom is -0.394 e. The Morgan fingerprint density at radius 3 is 3.00 bits per heavy atom. The molecule has 4 heterocycles. The summed E-state index contributed by atoms with van der Waals surface area (Å²) in [4.78, 5) is 12.0. The number of H-pyrrole nitrogens is 1. The van der Waals surface area contributed by atoms with Gasteiger partial charge in [0.25, 0.3) is 0 Å². The highest BCUT2D eigenvalue weighted by Gasteiger charge is 2.30. The van der Waals surface area contributed by atoms with Gasteiger partial charge >= 0.3 is 0 Å². The Morgan fingerprint density at radius 1 is 1.25 bits per heavy atom. The van der Waals surface area contributed by atoms with Gasteiger partial charge in [-0.2, -0.15) is 10.4 Å². The number of fused-ring (bicyclic) bond motifs is 1. The number of anilines is 1. The van der Waals surface area contributed by atoms with Crippen molar-refractivity contribution in [2.45, 2.75) is 36.5 Å². The minimum absolute atomic E-state index is 0.0477. The van der Waals surface area contributed by atoms with Gasteiger partial charge in [-0.25, -0.2) is 9.97 Å². The third-order valence-electron chi connectivity index (χ3n) is 5.51. The van der Waals surface area contributed by atoms with Gasteiger partial charge in [0.15, 0.2) is 0 Å². The number of pyridine rings is 2. The van der Waals surface area contributed by atoms with Gasteiger partial charge in [-0.15, -0.1) is 0 Å². The highest BCUT2D eigenvalue weighted by molar-refractivity contribution is 7.97. The molecule has 0 aromatic carbocycles. The second-order valence-corrected chi connectivity index (χ2v) is 8.56. The van der Waals surface area contributed by atoms with Crippen LogP contribution in [-0.2, 0) is 6.54 Å². The number of aromatic nitrogens is 5. The Morgan fingerprint density at radius 2 is 2.16 bits per heavy atom. The molecule has 0 unspecified atom stereocenters. The summed E-state index contributed by atoms with van der Waals surface area (Å²) >= 11 is 1.47. The number of aromatic amines is 1. The Labute approximate surface area is 189 Å². The lowest BCUT2D eigenvalue weighted by atomic mass is 9.87. The van der Waals surface area contributed by atoms with E-state index < -0.39 is 0 Å². The zero-order valence-corrected chi connectivity index (χ0v) is 18.0. The summed E-state index contributed by atoms with van der Waals surface area (Å²) in [5.41, 5.74) is 4.23. The molecule has 0 atom stereocenters. The van der Waals surface area contributed by atoms with E-state index in [-0.39, 0.29) is 6.61 Å². The molecule has 10 heteroatoms. The molecule has 4 aromatic heterocycles. The molecule has 0 aliphatic heterocycles. The Balaban J connectivity index is 1.27. The lowest BCUT2D eigenvalue weighted by Crippen LogP contribution is -2.45. The fourth-order valence-corrected chi connectivity index (χ4v) is 4.58. The first kappa shape index (κ1) is 20.5. The van der Waals surface area contributed by atoms with Gasteiger partial charge in [-0.1, -0.05) is 0 Å². The second kappa shape index (κ2) is 9.00. The molecule has 0 radical (unpaired) electrons. The van der Waals surface area contributed by atoms with Crippen LogP contribution in [0.1, 0.15) is 18.4 Å². The van der Waals surface area contributed by atoms with E-state index in [1.165, 1.54) is 11.9 Å². The van der Waals surface area contributed by atoms with E-state index in [0.29, 0.717) is 24.2 Å². The molecule has 32 heavy (non-hydrogen) atoms. The average molecular weight is 447 g/mol. The maximum atomic E-state index is 9.18. The summed E-state index contributed by atoms with van der Waals surface area (Å²) in [6, 6.07) is 10.3. The standard InChI is InChI=1S/C22H22N8OS/c23-12-14-1-4-24-20(9-14)32-29-16-10-15(11-16)27-21-17-2-5-25-22(17)26-13-18(21)19-3-6-30(28-19)7-8-31/h1-6,9,13,15-16,29,31H,7-8,10-11H2,(H2,25,26,27). The van der Waals surface area contributed by atoms with Gasteiger partial charge in [-0.05, 0) is 49.1 Å². The van der Waals surface area contributed by atoms with Crippen molar-refractivity contribution in [2.75, 3.05) is 11.9 Å². The van der Waals surface area contributed by atoms with Crippen molar-refractivity contribution >= 4 is 28.7 Å². The summed E-state index contributed by atoms with van der Waals surface area (Å²) in [6.45, 7) is 0.508. The van der Waals surface area contributed by atoms with E-state index in [9.17, 15) is 5.11 Å². The topological polar surface area (TPSA) is 127 Å². The highest BCUT2D eigenvalue weighted by atomic mass is 32.2. The molecular weight excluding hydrogens is 424 g/mol. The van der Waals surface area contributed by atoms with Crippen LogP contribution < -0.4 is 10.0 Å². The molecule has 0 saturated heterocycles. The van der Waals surface area contributed by atoms with Crippen molar-refractivity contribution < 1.29 is 5.11 Å². The van der Waals surface area contributed by atoms with E-state index in [2.05, 4.69) is 36.2 Å². The van der Waals surface area contributed by atoms with Crippen LogP contribution >= 0.6 is 11.9 Å². The van der Waals surface area contributed by atoms with Gasteiger partial charge < -0.3 is 15.4 Å². The first-order valence-electron chi connectivity index (χ1n) is 10.4. The summed E-state index contributed by atoms with van der Waals surface area (Å²) in [5.74, 6) is 0. The Hall–Kier alpha value is -3.39. The van der Waals surface area contributed by atoms with E-state index in [1.54, 1.807) is 23.0 Å². The van der Waals surface area contributed by atoms with E-state index in [4.69, 9.17) is 5.26 Å². The number of nitrogens with zero attached hydrogens (tertiary/aromatic N) is 5. The summed E-state index contributed by atoms with van der Waals surface area (Å²) in [7, 11) is 0. The molecule has 162 valence electrons. The van der Waals surface area contributed by atoms with E-state index >= 15 is 0 Å². The first-order chi connectivity index (χ1) is 15.7. The Bertz CT molecular complexity index is 1270. The number of hydrogen-bond acceptors (Lipinski definition) is 8. The SMILES string of the molecule is N#Cc1ccnc(SNC2CC(Nc3c(-c4ccn(CCO)n4)cnc4[nH]ccc34)C2)c1. The van der Waals surface area contributed by atoms with Crippen molar-refractivity contribution in [3.8, 4) is 17.3 Å². The van der Waals surface area contributed by atoms with Gasteiger partial charge in [-0.3, -0.25) is 9.40 Å². The van der Waals surface area contributed by atoms with E-state index in [1.807, 2.05) is 30.7 Å². The summed E-state index contributed by atoms with van der Waals surface area (Å²) in [5, 5.41) is 28.3. The van der Waals surface area contributed by atoms with Gasteiger partial charge in [0.1, 0.15) is 10.7 Å². The first-order valence-corrected chi connectivity index (χ1v) is 11.2. The lowest BCUT2D eigenvalue weighted by molar-refractivity contribution is 0.269. The smallest absolute Gasteiger partial charge is 0.139 e. The van der Waals surface area contributed by atoms with Crippen molar-refractivity contribution in [2.24, 2.45) is 0 Å². The molecule has 1 saturated carbocycles. The van der Waals surface area contributed by atoms with Crippen LogP contribution in [-0.4, -0.2) is 48.5 Å². The molecule has 0 amide bonds. The van der Waals surface area contributed by atoms with Crippen molar-refractivity contribution in [1.82, 2.24) is 29.5 Å². The van der Waals surface area contributed by atoms with Crippen LogP contribution in [0.3, 0.4) is 0 Å². The largest absolute Gasteiger partial charge is 0.394 e. The molecule has 0 bridgehead atoms. The van der Waals surface area contributed by atoms with Crippen molar-refractivity contribution in [3.63, 3.8) is 0 Å². The van der Waals surface area contributed by atoms with Crippen LogP contribution in [0.25, 0.3) is 22.3 Å². The number of nitrogens with one attached hydrogen (secondary N) is 3. The number of rotatable bonds is 8. The van der Waals surface area contributed by atoms with Gasteiger partial charge in [0, 0.05) is 47.8 Å². The molecule has 5 rings (SSSR count). The second-order valence-electron chi connectivity index (χ2n) is 7.70. The fourth-order valence-electron chi connectivity index (χ4n) is 3.80. The fraction of sp³-hybridized carbons (Fsp3) is 0.273. The normalized spacial score (nSPS) is 17.8. The molecule has 1 aliphatic rings. The van der Waals surface area contributed by atoms with Gasteiger partial charge in [0.2, 0.25) is 0 Å². The van der Waals surface area contributed by atoms with Crippen LogP contribution in [0.4, 0.5) is 5.69 Å². The quantitative estimate of drug-likeness (QED) is 0.304. The lowest BCUT2D eigenvalue weighted by Gasteiger charge is -2.37. The zero-order chi connectivity index (χ0) is 21.9. The zero-order valence-electron chi connectivity index (χ0n) is 17.2. The van der Waals surface area contributed by atoms with Crippen LogP contribution in [0, 0.1) is 11.3 Å². The summed E-state index contributed by atoms with van der Waals surface area (Å²) < 4.78 is 5.18. The monoisotopic (exact) mass is 446 g/mol. The van der Waals surface area contributed by atoms with Crippen LogP contribution in [0.15, 0.2) is 54.1 Å². The molecule has 9 nitrogen and oxygen atoms in total. The molecule has 0 spiro atoms. The maximum absolute atomic E-state index is 9.18. The maximum Gasteiger partial charge on any atom is 0.139 e. The number of aliphatic hydroxyl groups is 1. The number of nitriles is 1.